The molecule has 1 aromatic heterocycles. The molecule has 2 heterocycles. The SMILES string of the molecule is CCOc1ccccc1NC(=O)C(C)N1CCN(Cc2cc(C)on2)CC1. The number of carbonyl (C=O) groups excluding carboxylic acids is 1. The molecule has 1 aromatic carbocycles. The number of carbonyl (C=O) groups is 1. The number of para-hydroxylation sites is 2. The van der Waals surface area contributed by atoms with Gasteiger partial charge < -0.3 is 14.6 Å². The molecule has 27 heavy (non-hydrogen) atoms. The molecule has 1 aliphatic rings. The largest absolute Gasteiger partial charge is 0.492 e. The van der Waals surface area contributed by atoms with Gasteiger partial charge in [0, 0.05) is 38.8 Å². The zero-order valence-electron chi connectivity index (χ0n) is 16.3. The van der Waals surface area contributed by atoms with Crippen molar-refractivity contribution in [2.45, 2.75) is 33.4 Å². The van der Waals surface area contributed by atoms with Crippen molar-refractivity contribution in [3.63, 3.8) is 0 Å². The fourth-order valence-electron chi connectivity index (χ4n) is 3.28. The van der Waals surface area contributed by atoms with Crippen LogP contribution in [0.15, 0.2) is 34.9 Å². The highest BCUT2D eigenvalue weighted by Crippen LogP contribution is 2.24. The molecule has 3 rings (SSSR count). The van der Waals surface area contributed by atoms with Crippen molar-refractivity contribution < 1.29 is 14.1 Å². The number of rotatable bonds is 7. The Morgan fingerprint density at radius 3 is 2.70 bits per heavy atom. The molecule has 7 heteroatoms. The van der Waals surface area contributed by atoms with E-state index in [2.05, 4.69) is 20.3 Å². The number of benzene rings is 1. The van der Waals surface area contributed by atoms with Crippen molar-refractivity contribution in [1.82, 2.24) is 15.0 Å². The highest BCUT2D eigenvalue weighted by Gasteiger charge is 2.26. The van der Waals surface area contributed by atoms with Crippen LogP contribution in [-0.4, -0.2) is 59.7 Å². The fourth-order valence-corrected chi connectivity index (χ4v) is 3.28. The van der Waals surface area contributed by atoms with E-state index in [1.807, 2.05) is 51.1 Å². The first-order valence-electron chi connectivity index (χ1n) is 9.48. The molecule has 1 unspecified atom stereocenters. The molecule has 0 spiro atoms. The van der Waals surface area contributed by atoms with Crippen LogP contribution in [0.1, 0.15) is 25.3 Å². The van der Waals surface area contributed by atoms with Crippen molar-refractivity contribution in [2.24, 2.45) is 0 Å². The van der Waals surface area contributed by atoms with E-state index in [9.17, 15) is 4.79 Å². The third-order valence-electron chi connectivity index (χ3n) is 4.84. The number of hydrogen-bond donors (Lipinski definition) is 1. The lowest BCUT2D eigenvalue weighted by Gasteiger charge is -2.37. The fraction of sp³-hybridized carbons (Fsp3) is 0.500. The number of aryl methyl sites for hydroxylation is 1. The number of amides is 1. The van der Waals surface area contributed by atoms with Crippen molar-refractivity contribution in [3.8, 4) is 5.75 Å². The average Bonchev–Trinajstić information content (AvgIpc) is 3.08. The summed E-state index contributed by atoms with van der Waals surface area (Å²) in [5.74, 6) is 1.53. The molecule has 1 fully saturated rings. The summed E-state index contributed by atoms with van der Waals surface area (Å²) < 4.78 is 10.7. The van der Waals surface area contributed by atoms with E-state index >= 15 is 0 Å². The normalized spacial score (nSPS) is 16.9. The Hall–Kier alpha value is -2.38. The van der Waals surface area contributed by atoms with Gasteiger partial charge in [-0.15, -0.1) is 0 Å². The summed E-state index contributed by atoms with van der Waals surface area (Å²) in [7, 11) is 0. The van der Waals surface area contributed by atoms with Gasteiger partial charge in [-0.1, -0.05) is 17.3 Å². The van der Waals surface area contributed by atoms with Gasteiger partial charge in [0.2, 0.25) is 5.91 Å². The van der Waals surface area contributed by atoms with E-state index in [0.717, 1.165) is 49.9 Å². The molecule has 2 aromatic rings. The first-order chi connectivity index (χ1) is 13.1. The average molecular weight is 372 g/mol. The van der Waals surface area contributed by atoms with Gasteiger partial charge in [0.15, 0.2) is 0 Å². The van der Waals surface area contributed by atoms with Gasteiger partial charge in [0.25, 0.3) is 0 Å². The third-order valence-corrected chi connectivity index (χ3v) is 4.84. The zero-order valence-corrected chi connectivity index (χ0v) is 16.3. The molecular formula is C20H28N4O3. The third kappa shape index (κ3) is 5.08. The highest BCUT2D eigenvalue weighted by molar-refractivity contribution is 5.95. The summed E-state index contributed by atoms with van der Waals surface area (Å²) in [5.41, 5.74) is 1.68. The summed E-state index contributed by atoms with van der Waals surface area (Å²) in [6.45, 7) is 10.6. The van der Waals surface area contributed by atoms with Gasteiger partial charge in [0.1, 0.15) is 11.5 Å². The minimum atomic E-state index is -0.198. The van der Waals surface area contributed by atoms with E-state index in [1.165, 1.54) is 0 Å². The number of nitrogens with one attached hydrogen (secondary N) is 1. The van der Waals surface area contributed by atoms with Gasteiger partial charge in [-0.25, -0.2) is 0 Å². The maximum Gasteiger partial charge on any atom is 0.241 e. The number of piperazine rings is 1. The molecule has 1 saturated heterocycles. The zero-order chi connectivity index (χ0) is 19.2. The first-order valence-corrected chi connectivity index (χ1v) is 9.48. The van der Waals surface area contributed by atoms with Crippen LogP contribution in [0, 0.1) is 6.92 Å². The molecular weight excluding hydrogens is 344 g/mol. The van der Waals surface area contributed by atoms with Gasteiger partial charge >= 0.3 is 0 Å². The van der Waals surface area contributed by atoms with Crippen LogP contribution in [-0.2, 0) is 11.3 Å². The van der Waals surface area contributed by atoms with Crippen LogP contribution in [0.5, 0.6) is 5.75 Å². The van der Waals surface area contributed by atoms with Crippen molar-refractivity contribution >= 4 is 11.6 Å². The molecule has 0 bridgehead atoms. The number of anilines is 1. The molecule has 0 aliphatic carbocycles. The van der Waals surface area contributed by atoms with Gasteiger partial charge in [-0.3, -0.25) is 14.6 Å². The Kier molecular flexibility index (Phi) is 6.47. The van der Waals surface area contributed by atoms with Crippen molar-refractivity contribution in [1.29, 1.82) is 0 Å². The molecule has 7 nitrogen and oxygen atoms in total. The van der Waals surface area contributed by atoms with Crippen LogP contribution in [0.4, 0.5) is 5.69 Å². The second kappa shape index (κ2) is 9.01. The monoisotopic (exact) mass is 372 g/mol. The smallest absolute Gasteiger partial charge is 0.241 e. The van der Waals surface area contributed by atoms with Crippen molar-refractivity contribution in [2.75, 3.05) is 38.1 Å². The van der Waals surface area contributed by atoms with Crippen LogP contribution in [0.2, 0.25) is 0 Å². The first kappa shape index (κ1) is 19.4. The minimum Gasteiger partial charge on any atom is -0.492 e. The second-order valence-electron chi connectivity index (χ2n) is 6.84. The van der Waals surface area contributed by atoms with Crippen LogP contribution in [0.25, 0.3) is 0 Å². The predicted octanol–water partition coefficient (Wildman–Crippen LogP) is 2.53. The molecule has 146 valence electrons. The lowest BCUT2D eigenvalue weighted by Crippen LogP contribution is -2.52. The Bertz CT molecular complexity index is 753. The summed E-state index contributed by atoms with van der Waals surface area (Å²) in [4.78, 5) is 17.2. The number of ether oxygens (including phenoxy) is 1. The topological polar surface area (TPSA) is 70.8 Å². The second-order valence-corrected chi connectivity index (χ2v) is 6.84. The van der Waals surface area contributed by atoms with Crippen molar-refractivity contribution in [3.05, 3.63) is 41.8 Å². The Balaban J connectivity index is 1.51. The van der Waals surface area contributed by atoms with E-state index < -0.39 is 0 Å². The summed E-state index contributed by atoms with van der Waals surface area (Å²) in [5, 5.41) is 7.06. The van der Waals surface area contributed by atoms with Gasteiger partial charge in [-0.05, 0) is 32.9 Å². The summed E-state index contributed by atoms with van der Waals surface area (Å²) >= 11 is 0. The lowest BCUT2D eigenvalue weighted by atomic mass is 10.2. The number of aromatic nitrogens is 1. The molecule has 0 saturated carbocycles. The Morgan fingerprint density at radius 1 is 1.30 bits per heavy atom. The standard InChI is InChI=1S/C20H28N4O3/c1-4-26-19-8-6-5-7-18(19)21-20(25)16(3)24-11-9-23(10-12-24)14-17-13-15(2)27-22-17/h5-8,13,16H,4,9-12,14H2,1-3H3,(H,21,25). The van der Waals surface area contributed by atoms with Crippen LogP contribution >= 0.6 is 0 Å². The van der Waals surface area contributed by atoms with E-state index in [0.29, 0.717) is 12.4 Å². The van der Waals surface area contributed by atoms with Gasteiger partial charge in [-0.2, -0.15) is 0 Å². The Morgan fingerprint density at radius 2 is 2.04 bits per heavy atom. The highest BCUT2D eigenvalue weighted by atomic mass is 16.5. The molecule has 1 amide bonds. The number of nitrogens with zero attached hydrogens (tertiary/aromatic N) is 3. The predicted molar refractivity (Wildman–Crippen MR) is 104 cm³/mol. The summed E-state index contributed by atoms with van der Waals surface area (Å²) in [6.07, 6.45) is 0. The maximum absolute atomic E-state index is 12.7. The molecule has 1 atom stereocenters. The van der Waals surface area contributed by atoms with Gasteiger partial charge in [0.05, 0.1) is 24.0 Å². The minimum absolute atomic E-state index is 0.0114. The Labute approximate surface area is 160 Å². The van der Waals surface area contributed by atoms with E-state index in [1.54, 1.807) is 0 Å². The van der Waals surface area contributed by atoms with E-state index in [-0.39, 0.29) is 11.9 Å². The molecule has 1 aliphatic heterocycles. The van der Waals surface area contributed by atoms with Crippen LogP contribution in [0.3, 0.4) is 0 Å². The molecule has 1 N–H and O–H groups in total. The summed E-state index contributed by atoms with van der Waals surface area (Å²) in [6, 6.07) is 9.31. The molecule has 0 radical (unpaired) electrons. The number of hydrogen-bond acceptors (Lipinski definition) is 6. The van der Waals surface area contributed by atoms with Crippen LogP contribution < -0.4 is 10.1 Å². The lowest BCUT2D eigenvalue weighted by molar-refractivity contribution is -0.121. The van der Waals surface area contributed by atoms with E-state index in [4.69, 9.17) is 9.26 Å². The quantitative estimate of drug-likeness (QED) is 0.805. The maximum atomic E-state index is 12.7.